The van der Waals surface area contributed by atoms with Gasteiger partial charge in [0.2, 0.25) is 0 Å². The largest absolute Gasteiger partial charge is 0.480 e. The zero-order valence-electron chi connectivity index (χ0n) is 8.61. The standard InChI is InChI=1S/C11H19NO2/c1-2-3-5-8-12-9-6-4-7-10(12)11(13)14/h2,10H,1,3-9H2,(H,13,14). The zero-order valence-corrected chi connectivity index (χ0v) is 8.61. The molecule has 1 saturated heterocycles. The number of aliphatic carboxylic acids is 1. The monoisotopic (exact) mass is 197 g/mol. The van der Waals surface area contributed by atoms with E-state index in [2.05, 4.69) is 11.5 Å². The Morgan fingerprint density at radius 2 is 2.36 bits per heavy atom. The lowest BCUT2D eigenvalue weighted by atomic mass is 10.0. The van der Waals surface area contributed by atoms with Gasteiger partial charge in [0.25, 0.3) is 0 Å². The molecular weight excluding hydrogens is 178 g/mol. The van der Waals surface area contributed by atoms with Crippen molar-refractivity contribution in [1.29, 1.82) is 0 Å². The van der Waals surface area contributed by atoms with Gasteiger partial charge in [0.15, 0.2) is 0 Å². The first-order chi connectivity index (χ1) is 6.75. The van der Waals surface area contributed by atoms with Crippen LogP contribution in [-0.4, -0.2) is 35.1 Å². The quantitative estimate of drug-likeness (QED) is 0.540. The highest BCUT2D eigenvalue weighted by Crippen LogP contribution is 2.17. The van der Waals surface area contributed by atoms with Crippen LogP contribution < -0.4 is 0 Å². The molecule has 1 unspecified atom stereocenters. The van der Waals surface area contributed by atoms with E-state index in [-0.39, 0.29) is 6.04 Å². The van der Waals surface area contributed by atoms with Crippen molar-refractivity contribution < 1.29 is 9.90 Å². The molecule has 1 fully saturated rings. The molecule has 0 radical (unpaired) electrons. The molecule has 0 bridgehead atoms. The van der Waals surface area contributed by atoms with Crippen molar-refractivity contribution in [3.8, 4) is 0 Å². The van der Waals surface area contributed by atoms with E-state index in [1.54, 1.807) is 0 Å². The van der Waals surface area contributed by atoms with E-state index in [0.29, 0.717) is 0 Å². The number of hydrogen-bond acceptors (Lipinski definition) is 2. The van der Waals surface area contributed by atoms with E-state index in [1.807, 2.05) is 6.08 Å². The smallest absolute Gasteiger partial charge is 0.320 e. The first-order valence-corrected chi connectivity index (χ1v) is 5.33. The molecule has 0 aromatic carbocycles. The van der Waals surface area contributed by atoms with Gasteiger partial charge in [-0.05, 0) is 38.8 Å². The minimum Gasteiger partial charge on any atom is -0.480 e. The molecule has 0 aromatic rings. The summed E-state index contributed by atoms with van der Waals surface area (Å²) >= 11 is 0. The van der Waals surface area contributed by atoms with Crippen molar-refractivity contribution >= 4 is 5.97 Å². The molecule has 1 aliphatic rings. The maximum Gasteiger partial charge on any atom is 0.320 e. The van der Waals surface area contributed by atoms with Gasteiger partial charge >= 0.3 is 5.97 Å². The molecule has 0 amide bonds. The third-order valence-corrected chi connectivity index (χ3v) is 2.75. The summed E-state index contributed by atoms with van der Waals surface area (Å²) in [4.78, 5) is 13.0. The second kappa shape index (κ2) is 5.81. The number of likely N-dealkylation sites (tertiary alicyclic amines) is 1. The van der Waals surface area contributed by atoms with Gasteiger partial charge in [-0.1, -0.05) is 12.5 Å². The average molecular weight is 197 g/mol. The van der Waals surface area contributed by atoms with Crippen molar-refractivity contribution in [3.05, 3.63) is 12.7 Å². The van der Waals surface area contributed by atoms with E-state index in [9.17, 15) is 4.79 Å². The Labute approximate surface area is 85.4 Å². The summed E-state index contributed by atoms with van der Waals surface area (Å²) in [5.41, 5.74) is 0. The molecule has 1 heterocycles. The van der Waals surface area contributed by atoms with Gasteiger partial charge in [0.1, 0.15) is 6.04 Å². The van der Waals surface area contributed by atoms with Crippen molar-refractivity contribution in [2.75, 3.05) is 13.1 Å². The van der Waals surface area contributed by atoms with Crippen LogP contribution in [0.3, 0.4) is 0 Å². The Hall–Kier alpha value is -0.830. The number of carboxylic acid groups (broad SMARTS) is 1. The molecule has 3 nitrogen and oxygen atoms in total. The molecule has 14 heavy (non-hydrogen) atoms. The SMILES string of the molecule is C=CCCCN1CCCCC1C(=O)O. The van der Waals surface area contributed by atoms with Gasteiger partial charge in [-0.3, -0.25) is 9.69 Å². The van der Waals surface area contributed by atoms with Crippen LogP contribution in [0, 0.1) is 0 Å². The molecule has 1 atom stereocenters. The minimum atomic E-state index is -0.664. The number of rotatable bonds is 5. The number of unbranched alkanes of at least 4 members (excludes halogenated alkanes) is 1. The van der Waals surface area contributed by atoms with E-state index in [0.717, 1.165) is 45.2 Å². The fraction of sp³-hybridized carbons (Fsp3) is 0.727. The van der Waals surface area contributed by atoms with Gasteiger partial charge in [-0.25, -0.2) is 0 Å². The highest BCUT2D eigenvalue weighted by atomic mass is 16.4. The Balaban J connectivity index is 2.37. The third kappa shape index (κ3) is 3.14. The second-order valence-electron chi connectivity index (χ2n) is 3.82. The van der Waals surface area contributed by atoms with Gasteiger partial charge in [0.05, 0.1) is 0 Å². The topological polar surface area (TPSA) is 40.5 Å². The molecule has 1 N–H and O–H groups in total. The lowest BCUT2D eigenvalue weighted by molar-refractivity contribution is -0.144. The van der Waals surface area contributed by atoms with Gasteiger partial charge in [-0.15, -0.1) is 6.58 Å². The zero-order chi connectivity index (χ0) is 10.4. The van der Waals surface area contributed by atoms with Crippen molar-refractivity contribution in [1.82, 2.24) is 4.90 Å². The maximum absolute atomic E-state index is 10.9. The highest BCUT2D eigenvalue weighted by molar-refractivity contribution is 5.73. The Bertz CT molecular complexity index is 203. The van der Waals surface area contributed by atoms with Crippen LogP contribution in [0.2, 0.25) is 0 Å². The molecule has 0 aromatic heterocycles. The predicted octanol–water partition coefficient (Wildman–Crippen LogP) is 1.89. The Morgan fingerprint density at radius 3 is 3.00 bits per heavy atom. The summed E-state index contributed by atoms with van der Waals surface area (Å²) in [5.74, 6) is -0.664. The number of allylic oxidation sites excluding steroid dienone is 1. The number of carboxylic acids is 1. The van der Waals surface area contributed by atoms with Crippen LogP contribution in [0.25, 0.3) is 0 Å². The van der Waals surface area contributed by atoms with Crippen LogP contribution in [0.1, 0.15) is 32.1 Å². The molecule has 0 saturated carbocycles. The predicted molar refractivity (Wildman–Crippen MR) is 56.3 cm³/mol. The average Bonchev–Trinajstić information content (AvgIpc) is 2.19. The van der Waals surface area contributed by atoms with Crippen LogP contribution in [0.4, 0.5) is 0 Å². The fourth-order valence-electron chi connectivity index (χ4n) is 1.98. The Morgan fingerprint density at radius 1 is 1.57 bits per heavy atom. The third-order valence-electron chi connectivity index (χ3n) is 2.75. The number of nitrogens with zero attached hydrogens (tertiary/aromatic N) is 1. The van der Waals surface area contributed by atoms with Gasteiger partial charge in [0, 0.05) is 0 Å². The van der Waals surface area contributed by atoms with Gasteiger partial charge in [-0.2, -0.15) is 0 Å². The number of carbonyl (C=O) groups is 1. The van der Waals surface area contributed by atoms with Crippen molar-refractivity contribution in [3.63, 3.8) is 0 Å². The Kier molecular flexibility index (Phi) is 4.66. The van der Waals surface area contributed by atoms with E-state index >= 15 is 0 Å². The first kappa shape index (κ1) is 11.2. The van der Waals surface area contributed by atoms with Crippen LogP contribution in [0.5, 0.6) is 0 Å². The molecule has 0 spiro atoms. The number of hydrogen-bond donors (Lipinski definition) is 1. The molecule has 1 aliphatic heterocycles. The van der Waals surface area contributed by atoms with Crippen LogP contribution in [-0.2, 0) is 4.79 Å². The van der Waals surface area contributed by atoms with Crippen LogP contribution in [0.15, 0.2) is 12.7 Å². The molecule has 80 valence electrons. The first-order valence-electron chi connectivity index (χ1n) is 5.33. The summed E-state index contributed by atoms with van der Waals surface area (Å²) in [5, 5.41) is 9.00. The second-order valence-corrected chi connectivity index (χ2v) is 3.82. The van der Waals surface area contributed by atoms with Crippen molar-refractivity contribution in [2.45, 2.75) is 38.1 Å². The van der Waals surface area contributed by atoms with Gasteiger partial charge < -0.3 is 5.11 Å². The summed E-state index contributed by atoms with van der Waals surface area (Å²) in [7, 11) is 0. The summed E-state index contributed by atoms with van der Waals surface area (Å²) in [6.45, 7) is 5.49. The molecular formula is C11H19NO2. The normalized spacial score (nSPS) is 23.3. The summed E-state index contributed by atoms with van der Waals surface area (Å²) in [6.07, 6.45) is 6.88. The maximum atomic E-state index is 10.9. The lowest BCUT2D eigenvalue weighted by Gasteiger charge is -2.32. The van der Waals surface area contributed by atoms with Crippen molar-refractivity contribution in [2.24, 2.45) is 0 Å². The highest BCUT2D eigenvalue weighted by Gasteiger charge is 2.27. The summed E-state index contributed by atoms with van der Waals surface area (Å²) < 4.78 is 0. The van der Waals surface area contributed by atoms with E-state index < -0.39 is 5.97 Å². The fourth-order valence-corrected chi connectivity index (χ4v) is 1.98. The van der Waals surface area contributed by atoms with E-state index in [4.69, 9.17) is 5.11 Å². The molecule has 3 heteroatoms. The lowest BCUT2D eigenvalue weighted by Crippen LogP contribution is -2.44. The summed E-state index contributed by atoms with van der Waals surface area (Å²) in [6, 6.07) is -0.242. The minimum absolute atomic E-state index is 0.242. The molecule has 0 aliphatic carbocycles. The van der Waals surface area contributed by atoms with E-state index in [1.165, 1.54) is 0 Å². The van der Waals surface area contributed by atoms with Crippen LogP contribution >= 0.6 is 0 Å². The molecule has 1 rings (SSSR count). The number of piperidine rings is 1.